The van der Waals surface area contributed by atoms with E-state index < -0.39 is 0 Å². The number of carbonyl (C=O) groups excluding carboxylic acids is 1. The van der Waals surface area contributed by atoms with Gasteiger partial charge in [-0.05, 0) is 75.4 Å². The van der Waals surface area contributed by atoms with Gasteiger partial charge < -0.3 is 15.2 Å². The van der Waals surface area contributed by atoms with Crippen LogP contribution in [0.5, 0.6) is 0 Å². The van der Waals surface area contributed by atoms with Crippen LogP contribution in [0, 0.1) is 5.92 Å². The van der Waals surface area contributed by atoms with Crippen molar-refractivity contribution in [3.8, 4) is 11.4 Å². The van der Waals surface area contributed by atoms with Gasteiger partial charge in [0, 0.05) is 36.1 Å². The average molecular weight is 338 g/mol. The smallest absolute Gasteiger partial charge is 0.224 e. The number of benzene rings is 1. The van der Waals surface area contributed by atoms with Crippen LogP contribution in [0.25, 0.3) is 11.4 Å². The molecule has 0 radical (unpaired) electrons. The summed E-state index contributed by atoms with van der Waals surface area (Å²) in [6, 6.07) is 8.07. The summed E-state index contributed by atoms with van der Waals surface area (Å²) in [5.41, 5.74) is 3.31. The molecule has 132 valence electrons. The fourth-order valence-corrected chi connectivity index (χ4v) is 3.89. The van der Waals surface area contributed by atoms with Gasteiger partial charge in [0.25, 0.3) is 0 Å². The lowest BCUT2D eigenvalue weighted by molar-refractivity contribution is -0.116. The highest BCUT2D eigenvalue weighted by Crippen LogP contribution is 2.25. The maximum atomic E-state index is 12.1. The summed E-state index contributed by atoms with van der Waals surface area (Å²) in [6.07, 6.45) is 8.36. The van der Waals surface area contributed by atoms with E-state index in [1.54, 1.807) is 0 Å². The molecular weight excluding hydrogens is 312 g/mol. The van der Waals surface area contributed by atoms with E-state index in [2.05, 4.69) is 32.3 Å². The number of amides is 1. The van der Waals surface area contributed by atoms with Crippen LogP contribution in [0.15, 0.2) is 30.5 Å². The highest BCUT2D eigenvalue weighted by molar-refractivity contribution is 5.90. The molecule has 2 aliphatic rings. The van der Waals surface area contributed by atoms with Crippen LogP contribution in [0.1, 0.15) is 37.8 Å². The number of hydrogen-bond acceptors (Lipinski definition) is 3. The molecule has 1 fully saturated rings. The molecule has 0 aliphatic carbocycles. The topological polar surface area (TPSA) is 59.0 Å². The molecule has 5 nitrogen and oxygen atoms in total. The minimum atomic E-state index is 0.109. The third-order valence-electron chi connectivity index (χ3n) is 5.37. The molecule has 2 aliphatic heterocycles. The standard InChI is InChI=1S/C20H26N4O/c25-19(9-4-15-10-11-21-13-15)23-17-7-5-16(6-8-17)20-22-14-18-3-1-2-12-24(18)20/h5-8,14-15,21H,1-4,9-13H2,(H,23,25). The van der Waals surface area contributed by atoms with E-state index in [1.807, 2.05) is 18.3 Å². The second kappa shape index (κ2) is 7.40. The molecule has 3 heterocycles. The number of carbonyl (C=O) groups is 1. The molecule has 1 unspecified atom stereocenters. The lowest BCUT2D eigenvalue weighted by atomic mass is 10.0. The second-order valence-electron chi connectivity index (χ2n) is 7.20. The summed E-state index contributed by atoms with van der Waals surface area (Å²) in [6.45, 7) is 3.20. The summed E-state index contributed by atoms with van der Waals surface area (Å²) in [7, 11) is 0. The molecule has 0 spiro atoms. The Morgan fingerprint density at radius 2 is 2.16 bits per heavy atom. The minimum Gasteiger partial charge on any atom is -0.328 e. The van der Waals surface area contributed by atoms with Gasteiger partial charge >= 0.3 is 0 Å². The normalized spacial score (nSPS) is 19.6. The minimum absolute atomic E-state index is 0.109. The molecule has 2 aromatic rings. The van der Waals surface area contributed by atoms with Crippen LogP contribution in [-0.4, -0.2) is 28.5 Å². The largest absolute Gasteiger partial charge is 0.328 e. The summed E-state index contributed by atoms with van der Waals surface area (Å²) in [5, 5.41) is 6.36. The Kier molecular flexibility index (Phi) is 4.83. The van der Waals surface area contributed by atoms with Crippen molar-refractivity contribution in [3.63, 3.8) is 0 Å². The molecule has 1 saturated heterocycles. The van der Waals surface area contributed by atoms with Gasteiger partial charge in [-0.3, -0.25) is 4.79 Å². The van der Waals surface area contributed by atoms with Crippen molar-refractivity contribution in [1.29, 1.82) is 0 Å². The number of nitrogens with one attached hydrogen (secondary N) is 2. The van der Waals surface area contributed by atoms with Gasteiger partial charge in [0.1, 0.15) is 5.82 Å². The van der Waals surface area contributed by atoms with E-state index in [9.17, 15) is 4.79 Å². The average Bonchev–Trinajstić information content (AvgIpc) is 3.30. The maximum absolute atomic E-state index is 12.1. The fourth-order valence-electron chi connectivity index (χ4n) is 3.89. The summed E-state index contributed by atoms with van der Waals surface area (Å²) in [4.78, 5) is 16.7. The first kappa shape index (κ1) is 16.3. The van der Waals surface area contributed by atoms with Crippen LogP contribution in [0.4, 0.5) is 5.69 Å². The van der Waals surface area contributed by atoms with E-state index in [4.69, 9.17) is 0 Å². The van der Waals surface area contributed by atoms with E-state index in [1.165, 1.54) is 25.0 Å². The Morgan fingerprint density at radius 3 is 2.96 bits per heavy atom. The first-order chi connectivity index (χ1) is 12.3. The van der Waals surface area contributed by atoms with E-state index in [-0.39, 0.29) is 5.91 Å². The summed E-state index contributed by atoms with van der Waals surface area (Å²) >= 11 is 0. The zero-order valence-corrected chi connectivity index (χ0v) is 14.6. The Bertz CT molecular complexity index is 729. The van der Waals surface area contributed by atoms with Crippen molar-refractivity contribution in [1.82, 2.24) is 14.9 Å². The van der Waals surface area contributed by atoms with Gasteiger partial charge in [0.15, 0.2) is 0 Å². The Labute approximate surface area is 148 Å². The SMILES string of the molecule is O=C(CCC1CCNC1)Nc1ccc(-c2ncc3n2CCCC3)cc1. The molecular formula is C20H26N4O. The molecule has 0 saturated carbocycles. The van der Waals surface area contributed by atoms with E-state index in [0.717, 1.165) is 49.6 Å². The fraction of sp³-hybridized carbons (Fsp3) is 0.500. The van der Waals surface area contributed by atoms with Gasteiger partial charge in [-0.15, -0.1) is 0 Å². The number of aryl methyl sites for hydroxylation is 1. The van der Waals surface area contributed by atoms with Crippen molar-refractivity contribution >= 4 is 11.6 Å². The van der Waals surface area contributed by atoms with Crippen molar-refractivity contribution in [2.45, 2.75) is 45.1 Å². The van der Waals surface area contributed by atoms with Crippen LogP contribution < -0.4 is 10.6 Å². The van der Waals surface area contributed by atoms with Crippen LogP contribution in [-0.2, 0) is 17.8 Å². The number of rotatable bonds is 5. The second-order valence-corrected chi connectivity index (χ2v) is 7.20. The predicted molar refractivity (Wildman–Crippen MR) is 99.4 cm³/mol. The number of aromatic nitrogens is 2. The van der Waals surface area contributed by atoms with E-state index >= 15 is 0 Å². The first-order valence-corrected chi connectivity index (χ1v) is 9.45. The van der Waals surface area contributed by atoms with Gasteiger partial charge in [0.2, 0.25) is 5.91 Å². The molecule has 0 bridgehead atoms. The number of anilines is 1. The van der Waals surface area contributed by atoms with Crippen LogP contribution in [0.2, 0.25) is 0 Å². The third kappa shape index (κ3) is 3.76. The van der Waals surface area contributed by atoms with Gasteiger partial charge in [0.05, 0.1) is 0 Å². The zero-order chi connectivity index (χ0) is 17.1. The number of hydrogen-bond donors (Lipinski definition) is 2. The van der Waals surface area contributed by atoms with Crippen LogP contribution >= 0.6 is 0 Å². The Morgan fingerprint density at radius 1 is 1.28 bits per heavy atom. The predicted octanol–water partition coefficient (Wildman–Crippen LogP) is 3.21. The zero-order valence-electron chi connectivity index (χ0n) is 14.6. The van der Waals surface area contributed by atoms with Crippen LogP contribution in [0.3, 0.4) is 0 Å². The first-order valence-electron chi connectivity index (χ1n) is 9.45. The highest BCUT2D eigenvalue weighted by atomic mass is 16.1. The summed E-state index contributed by atoms with van der Waals surface area (Å²) < 4.78 is 2.33. The monoisotopic (exact) mass is 338 g/mol. The van der Waals surface area contributed by atoms with E-state index in [0.29, 0.717) is 12.3 Å². The number of nitrogens with zero attached hydrogens (tertiary/aromatic N) is 2. The molecule has 25 heavy (non-hydrogen) atoms. The van der Waals surface area contributed by atoms with Gasteiger partial charge in [-0.1, -0.05) is 0 Å². The molecule has 2 N–H and O–H groups in total. The maximum Gasteiger partial charge on any atom is 0.224 e. The molecule has 1 atom stereocenters. The number of imidazole rings is 1. The third-order valence-corrected chi connectivity index (χ3v) is 5.37. The molecule has 5 heteroatoms. The van der Waals surface area contributed by atoms with Crippen molar-refractivity contribution in [3.05, 3.63) is 36.2 Å². The lowest BCUT2D eigenvalue weighted by Crippen LogP contribution is -2.15. The Balaban J connectivity index is 1.37. The quantitative estimate of drug-likeness (QED) is 0.880. The molecule has 1 aromatic carbocycles. The Hall–Kier alpha value is -2.14. The van der Waals surface area contributed by atoms with Gasteiger partial charge in [-0.25, -0.2) is 4.98 Å². The highest BCUT2D eigenvalue weighted by Gasteiger charge is 2.17. The van der Waals surface area contributed by atoms with Gasteiger partial charge in [-0.2, -0.15) is 0 Å². The molecule has 1 amide bonds. The molecule has 1 aromatic heterocycles. The number of fused-ring (bicyclic) bond motifs is 1. The summed E-state index contributed by atoms with van der Waals surface area (Å²) in [5.74, 6) is 1.80. The van der Waals surface area contributed by atoms with Crippen molar-refractivity contribution < 1.29 is 4.79 Å². The lowest BCUT2D eigenvalue weighted by Gasteiger charge is -2.16. The molecule has 4 rings (SSSR count). The van der Waals surface area contributed by atoms with Crippen molar-refractivity contribution in [2.75, 3.05) is 18.4 Å². The van der Waals surface area contributed by atoms with Crippen molar-refractivity contribution in [2.24, 2.45) is 5.92 Å².